The SMILES string of the molecule is CC(C)(CC(=O)O)CC(=O)NC(=O)Nc1cnns1. The number of carbonyl (C=O) groups is 3. The van der Waals surface area contributed by atoms with E-state index in [-0.39, 0.29) is 12.8 Å². The van der Waals surface area contributed by atoms with Crippen molar-refractivity contribution in [3.05, 3.63) is 6.20 Å². The lowest BCUT2D eigenvalue weighted by molar-refractivity contribution is -0.139. The number of nitrogens with zero attached hydrogens (tertiary/aromatic N) is 2. The smallest absolute Gasteiger partial charge is 0.326 e. The van der Waals surface area contributed by atoms with Crippen molar-refractivity contribution >= 4 is 34.4 Å². The van der Waals surface area contributed by atoms with Gasteiger partial charge in [-0.2, -0.15) is 0 Å². The number of anilines is 1. The predicted octanol–water partition coefficient (Wildman–Crippen LogP) is 1.08. The van der Waals surface area contributed by atoms with Crippen LogP contribution in [0, 0.1) is 5.41 Å². The Bertz CT molecular complexity index is 472. The van der Waals surface area contributed by atoms with Gasteiger partial charge in [-0.3, -0.25) is 20.2 Å². The van der Waals surface area contributed by atoms with Gasteiger partial charge in [-0.05, 0) is 5.41 Å². The molecule has 0 radical (unpaired) electrons. The molecule has 104 valence electrons. The van der Waals surface area contributed by atoms with E-state index in [2.05, 4.69) is 20.2 Å². The van der Waals surface area contributed by atoms with Gasteiger partial charge in [0.15, 0.2) is 0 Å². The molecule has 0 saturated carbocycles. The third-order valence-electron chi connectivity index (χ3n) is 2.12. The number of aromatic nitrogens is 2. The van der Waals surface area contributed by atoms with E-state index in [1.807, 2.05) is 0 Å². The van der Waals surface area contributed by atoms with Gasteiger partial charge < -0.3 is 5.11 Å². The molecule has 1 heterocycles. The van der Waals surface area contributed by atoms with Crippen LogP contribution in [0.15, 0.2) is 6.20 Å². The van der Waals surface area contributed by atoms with Gasteiger partial charge in [0.05, 0.1) is 12.6 Å². The van der Waals surface area contributed by atoms with E-state index in [0.29, 0.717) is 5.00 Å². The van der Waals surface area contributed by atoms with Gasteiger partial charge in [0.2, 0.25) is 5.91 Å². The number of amides is 3. The molecule has 0 spiro atoms. The number of hydrogen-bond donors (Lipinski definition) is 3. The van der Waals surface area contributed by atoms with Crippen molar-refractivity contribution in [3.63, 3.8) is 0 Å². The Balaban J connectivity index is 2.42. The standard InChI is InChI=1S/C10H14N4O4S/c1-10(2,4-8(16)17)3-6(15)12-9(18)13-7-5-11-14-19-7/h5H,3-4H2,1-2H3,(H,16,17)(H2,12,13,15,18). The fourth-order valence-corrected chi connectivity index (χ4v) is 1.86. The molecule has 1 aromatic rings. The molecule has 1 aromatic heterocycles. The lowest BCUT2D eigenvalue weighted by atomic mass is 9.85. The quantitative estimate of drug-likeness (QED) is 0.744. The zero-order valence-corrected chi connectivity index (χ0v) is 11.3. The van der Waals surface area contributed by atoms with Gasteiger partial charge in [0.1, 0.15) is 5.00 Å². The minimum atomic E-state index is -0.988. The molecule has 19 heavy (non-hydrogen) atoms. The van der Waals surface area contributed by atoms with Gasteiger partial charge in [0, 0.05) is 18.0 Å². The summed E-state index contributed by atoms with van der Waals surface area (Å²) in [5.41, 5.74) is -0.720. The van der Waals surface area contributed by atoms with E-state index in [4.69, 9.17) is 5.11 Å². The first kappa shape index (κ1) is 15.0. The van der Waals surface area contributed by atoms with Crippen LogP contribution < -0.4 is 10.6 Å². The summed E-state index contributed by atoms with van der Waals surface area (Å²) < 4.78 is 3.55. The first-order chi connectivity index (χ1) is 8.78. The van der Waals surface area contributed by atoms with Crippen LogP contribution in [0.25, 0.3) is 0 Å². The van der Waals surface area contributed by atoms with E-state index < -0.39 is 23.3 Å². The fraction of sp³-hybridized carbons (Fsp3) is 0.500. The molecule has 3 N–H and O–H groups in total. The van der Waals surface area contributed by atoms with Gasteiger partial charge in [0.25, 0.3) is 0 Å². The number of carboxylic acid groups (broad SMARTS) is 1. The van der Waals surface area contributed by atoms with Crippen LogP contribution in [-0.4, -0.2) is 32.6 Å². The Morgan fingerprint density at radius 3 is 2.58 bits per heavy atom. The second-order valence-corrected chi connectivity index (χ2v) is 5.48. The third kappa shape index (κ3) is 5.91. The number of rotatable bonds is 5. The van der Waals surface area contributed by atoms with Gasteiger partial charge in [-0.15, -0.1) is 5.10 Å². The molecule has 0 unspecified atom stereocenters. The molecular formula is C10H14N4O4S. The Labute approximate surface area is 113 Å². The van der Waals surface area contributed by atoms with E-state index in [0.717, 1.165) is 11.5 Å². The molecule has 0 fully saturated rings. The van der Waals surface area contributed by atoms with Gasteiger partial charge in [-0.1, -0.05) is 18.3 Å². The molecule has 0 atom stereocenters. The minimum absolute atomic E-state index is 0.0618. The molecule has 0 bridgehead atoms. The summed E-state index contributed by atoms with van der Waals surface area (Å²) in [4.78, 5) is 33.6. The molecule has 8 nitrogen and oxygen atoms in total. The number of carbonyl (C=O) groups excluding carboxylic acids is 2. The van der Waals surface area contributed by atoms with Crippen molar-refractivity contribution in [1.82, 2.24) is 14.9 Å². The Hall–Kier alpha value is -2.03. The number of nitrogens with one attached hydrogen (secondary N) is 2. The number of aliphatic carboxylic acids is 1. The summed E-state index contributed by atoms with van der Waals surface area (Å²) >= 11 is 0.978. The van der Waals surface area contributed by atoms with Crippen LogP contribution in [0.2, 0.25) is 0 Å². The molecular weight excluding hydrogens is 272 g/mol. The van der Waals surface area contributed by atoms with Crippen molar-refractivity contribution in [2.45, 2.75) is 26.7 Å². The first-order valence-electron chi connectivity index (χ1n) is 5.38. The van der Waals surface area contributed by atoms with Crippen molar-refractivity contribution in [2.24, 2.45) is 5.41 Å². The highest BCUT2D eigenvalue weighted by molar-refractivity contribution is 7.10. The molecule has 3 amide bonds. The molecule has 1 rings (SSSR count). The third-order valence-corrected chi connectivity index (χ3v) is 2.70. The highest BCUT2D eigenvalue weighted by Crippen LogP contribution is 2.24. The minimum Gasteiger partial charge on any atom is -0.481 e. The van der Waals surface area contributed by atoms with Crippen LogP contribution in [0.5, 0.6) is 0 Å². The number of urea groups is 1. The Morgan fingerprint density at radius 1 is 1.37 bits per heavy atom. The number of hydrogen-bond acceptors (Lipinski definition) is 6. The molecule has 0 aliphatic carbocycles. The first-order valence-corrected chi connectivity index (χ1v) is 6.16. The average Bonchev–Trinajstić information content (AvgIpc) is 2.65. The molecule has 0 aliphatic rings. The molecule has 0 aromatic carbocycles. The summed E-state index contributed by atoms with van der Waals surface area (Å²) in [5, 5.41) is 17.1. The predicted molar refractivity (Wildman–Crippen MR) is 67.7 cm³/mol. The summed E-state index contributed by atoms with van der Waals surface area (Å²) in [6.45, 7) is 3.29. The average molecular weight is 286 g/mol. The largest absolute Gasteiger partial charge is 0.481 e. The van der Waals surface area contributed by atoms with Crippen LogP contribution in [0.1, 0.15) is 26.7 Å². The highest BCUT2D eigenvalue weighted by atomic mass is 32.1. The maximum Gasteiger partial charge on any atom is 0.326 e. The zero-order valence-electron chi connectivity index (χ0n) is 10.5. The lowest BCUT2D eigenvalue weighted by Gasteiger charge is -2.21. The second kappa shape index (κ2) is 6.23. The van der Waals surface area contributed by atoms with Crippen molar-refractivity contribution in [1.29, 1.82) is 0 Å². The van der Waals surface area contributed by atoms with Crippen LogP contribution in [0.3, 0.4) is 0 Å². The van der Waals surface area contributed by atoms with E-state index in [1.165, 1.54) is 6.20 Å². The number of imide groups is 1. The van der Waals surface area contributed by atoms with Crippen molar-refractivity contribution < 1.29 is 19.5 Å². The maximum absolute atomic E-state index is 11.6. The monoisotopic (exact) mass is 286 g/mol. The second-order valence-electron chi connectivity index (χ2n) is 4.70. The lowest BCUT2D eigenvalue weighted by Crippen LogP contribution is -2.37. The summed E-state index contributed by atoms with van der Waals surface area (Å²) in [6, 6.07) is -0.692. The van der Waals surface area contributed by atoms with Crippen LogP contribution in [0.4, 0.5) is 9.80 Å². The normalized spacial score (nSPS) is 10.8. The Morgan fingerprint density at radius 2 is 2.05 bits per heavy atom. The topological polar surface area (TPSA) is 121 Å². The van der Waals surface area contributed by atoms with Gasteiger partial charge in [-0.25, -0.2) is 4.79 Å². The summed E-state index contributed by atoms with van der Waals surface area (Å²) in [7, 11) is 0. The van der Waals surface area contributed by atoms with E-state index in [1.54, 1.807) is 13.8 Å². The van der Waals surface area contributed by atoms with Crippen LogP contribution >= 0.6 is 11.5 Å². The highest BCUT2D eigenvalue weighted by Gasteiger charge is 2.26. The molecule has 0 saturated heterocycles. The molecule has 9 heteroatoms. The molecule has 0 aliphatic heterocycles. The van der Waals surface area contributed by atoms with Crippen LogP contribution in [-0.2, 0) is 9.59 Å². The van der Waals surface area contributed by atoms with E-state index in [9.17, 15) is 14.4 Å². The number of carboxylic acids is 1. The zero-order chi connectivity index (χ0) is 14.5. The van der Waals surface area contributed by atoms with Crippen molar-refractivity contribution in [2.75, 3.05) is 5.32 Å². The maximum atomic E-state index is 11.6. The van der Waals surface area contributed by atoms with Crippen molar-refractivity contribution in [3.8, 4) is 0 Å². The summed E-state index contributed by atoms with van der Waals surface area (Å²) in [5.74, 6) is -1.53. The summed E-state index contributed by atoms with van der Waals surface area (Å²) in [6.07, 6.45) is 1.14. The fourth-order valence-electron chi connectivity index (χ4n) is 1.44. The van der Waals surface area contributed by atoms with Gasteiger partial charge >= 0.3 is 12.0 Å². The Kier molecular flexibility index (Phi) is 4.93. The van der Waals surface area contributed by atoms with E-state index >= 15 is 0 Å².